The normalized spacial score (nSPS) is 10.9. The summed E-state index contributed by atoms with van der Waals surface area (Å²) < 4.78 is 0. The van der Waals surface area contributed by atoms with Gasteiger partial charge in [0.05, 0.1) is 0 Å². The number of aryl methyl sites for hydroxylation is 2. The zero-order valence-electron chi connectivity index (χ0n) is 9.08. The lowest BCUT2D eigenvalue weighted by atomic mass is 10.2. The van der Waals surface area contributed by atoms with Crippen molar-refractivity contribution in [3.05, 3.63) is 28.4 Å². The summed E-state index contributed by atoms with van der Waals surface area (Å²) in [6.45, 7) is 7.90. The first-order valence-corrected chi connectivity index (χ1v) is 6.94. The van der Waals surface area contributed by atoms with Gasteiger partial charge in [-0.25, -0.2) is 9.97 Å². The van der Waals surface area contributed by atoms with E-state index in [1.54, 1.807) is 29.4 Å². The number of thiophene rings is 1. The van der Waals surface area contributed by atoms with E-state index >= 15 is 0 Å². The van der Waals surface area contributed by atoms with Crippen LogP contribution in [0.5, 0.6) is 0 Å². The van der Waals surface area contributed by atoms with Gasteiger partial charge in [-0.2, -0.15) is 0 Å². The van der Waals surface area contributed by atoms with Gasteiger partial charge in [-0.1, -0.05) is 29.9 Å². The summed E-state index contributed by atoms with van der Waals surface area (Å²) in [5, 5.41) is 2.79. The highest BCUT2D eigenvalue weighted by Gasteiger charge is 2.12. The fourth-order valence-electron chi connectivity index (χ4n) is 1.41. The van der Waals surface area contributed by atoms with Crippen LogP contribution in [0.1, 0.15) is 10.4 Å². The Kier molecular flexibility index (Phi) is 3.52. The number of fused-ring (bicyclic) bond motifs is 1. The lowest BCUT2D eigenvalue weighted by molar-refractivity contribution is 1.10. The Bertz CT molecular complexity index is 548. The molecule has 0 saturated carbocycles. The molecule has 0 aliphatic rings. The molecule has 0 aliphatic carbocycles. The first-order chi connectivity index (χ1) is 7.59. The molecule has 0 radical (unpaired) electrons. The van der Waals surface area contributed by atoms with Crippen LogP contribution in [-0.4, -0.2) is 15.7 Å². The van der Waals surface area contributed by atoms with Crippen molar-refractivity contribution in [1.29, 1.82) is 0 Å². The molecule has 0 saturated heterocycles. The number of halogens is 1. The first kappa shape index (κ1) is 11.9. The Labute approximate surface area is 108 Å². The van der Waals surface area contributed by atoms with Crippen LogP contribution in [0.4, 0.5) is 0 Å². The summed E-state index contributed by atoms with van der Waals surface area (Å²) in [5.74, 6) is 0.683. The number of nitrogens with zero attached hydrogens (tertiary/aromatic N) is 2. The lowest BCUT2D eigenvalue weighted by Crippen LogP contribution is -1.86. The molecule has 2 heterocycles. The summed E-state index contributed by atoms with van der Waals surface area (Å²) in [6.07, 6.45) is 1.61. The topological polar surface area (TPSA) is 25.8 Å². The van der Waals surface area contributed by atoms with Crippen LogP contribution in [0, 0.1) is 13.8 Å². The van der Waals surface area contributed by atoms with Gasteiger partial charge in [0, 0.05) is 21.0 Å². The van der Waals surface area contributed by atoms with Crippen molar-refractivity contribution in [1.82, 2.24) is 9.97 Å². The van der Waals surface area contributed by atoms with Gasteiger partial charge in [0.2, 0.25) is 0 Å². The summed E-state index contributed by atoms with van der Waals surface area (Å²) >= 11 is 9.08. The summed E-state index contributed by atoms with van der Waals surface area (Å²) in [5.41, 5.74) is 1.27. The maximum Gasteiger partial charge on any atom is 0.128 e. The molecule has 0 fully saturated rings. The maximum absolute atomic E-state index is 5.77. The van der Waals surface area contributed by atoms with Crippen LogP contribution < -0.4 is 0 Å². The van der Waals surface area contributed by atoms with Gasteiger partial charge in [-0.05, 0) is 19.4 Å². The maximum atomic E-state index is 5.77. The molecule has 0 aliphatic heterocycles. The Morgan fingerprint density at radius 2 is 2.25 bits per heavy atom. The first-order valence-electron chi connectivity index (χ1n) is 4.76. The van der Waals surface area contributed by atoms with Gasteiger partial charge >= 0.3 is 0 Å². The van der Waals surface area contributed by atoms with Crippen LogP contribution in [0.2, 0.25) is 0 Å². The van der Waals surface area contributed by atoms with Gasteiger partial charge < -0.3 is 0 Å². The lowest BCUT2D eigenvalue weighted by Gasteiger charge is -2.01. The zero-order valence-corrected chi connectivity index (χ0v) is 11.5. The van der Waals surface area contributed by atoms with Crippen LogP contribution in [-0.2, 0) is 0 Å². The van der Waals surface area contributed by atoms with Crippen molar-refractivity contribution in [3.63, 3.8) is 0 Å². The van der Waals surface area contributed by atoms with Crippen molar-refractivity contribution in [3.8, 4) is 0 Å². The van der Waals surface area contributed by atoms with Gasteiger partial charge in [0.1, 0.15) is 16.2 Å². The summed E-state index contributed by atoms with van der Waals surface area (Å²) in [6, 6.07) is 0. The minimum atomic E-state index is 0.640. The predicted molar refractivity (Wildman–Crippen MR) is 72.6 cm³/mol. The monoisotopic (exact) mass is 270 g/mol. The van der Waals surface area contributed by atoms with E-state index in [0.29, 0.717) is 10.8 Å². The van der Waals surface area contributed by atoms with E-state index in [9.17, 15) is 0 Å². The van der Waals surface area contributed by atoms with E-state index in [4.69, 9.17) is 11.6 Å². The molecule has 0 N–H and O–H groups in total. The van der Waals surface area contributed by atoms with Crippen molar-refractivity contribution in [2.24, 2.45) is 0 Å². The van der Waals surface area contributed by atoms with Crippen molar-refractivity contribution >= 4 is 44.9 Å². The average Bonchev–Trinajstić information content (AvgIpc) is 2.52. The molecule has 16 heavy (non-hydrogen) atoms. The molecule has 2 aromatic heterocycles. The van der Waals surface area contributed by atoms with E-state index in [-0.39, 0.29) is 0 Å². The fourth-order valence-corrected chi connectivity index (χ4v) is 3.44. The van der Waals surface area contributed by atoms with Crippen LogP contribution in [0.25, 0.3) is 10.2 Å². The largest absolute Gasteiger partial charge is 0.229 e. The number of aromatic nitrogens is 2. The third-order valence-electron chi connectivity index (χ3n) is 2.30. The third-order valence-corrected chi connectivity index (χ3v) is 4.78. The molecule has 2 nitrogen and oxygen atoms in total. The molecule has 5 heteroatoms. The molecule has 2 aromatic rings. The average molecular weight is 271 g/mol. The second-order valence-electron chi connectivity index (χ2n) is 3.45. The Balaban J connectivity index is 2.48. The highest BCUT2D eigenvalue weighted by molar-refractivity contribution is 7.99. The van der Waals surface area contributed by atoms with Crippen molar-refractivity contribution in [2.75, 3.05) is 5.75 Å². The van der Waals surface area contributed by atoms with E-state index in [2.05, 4.69) is 30.4 Å². The van der Waals surface area contributed by atoms with E-state index in [0.717, 1.165) is 15.2 Å². The summed E-state index contributed by atoms with van der Waals surface area (Å²) in [7, 11) is 0. The SMILES string of the molecule is C=C(Cl)CSc1ncnc2sc(C)c(C)c12. The highest BCUT2D eigenvalue weighted by atomic mass is 35.5. The molecule has 0 atom stereocenters. The van der Waals surface area contributed by atoms with Crippen LogP contribution >= 0.6 is 34.7 Å². The van der Waals surface area contributed by atoms with Gasteiger partial charge in [-0.15, -0.1) is 11.3 Å². The number of rotatable bonds is 3. The molecule has 0 amide bonds. The van der Waals surface area contributed by atoms with Crippen molar-refractivity contribution < 1.29 is 0 Å². The van der Waals surface area contributed by atoms with Gasteiger partial charge in [0.15, 0.2) is 0 Å². The standard InChI is InChI=1S/C11H11ClN2S2/c1-6(12)4-15-10-9-7(2)8(3)16-11(9)14-5-13-10/h5H,1,4H2,2-3H3. The number of hydrogen-bond acceptors (Lipinski definition) is 4. The third kappa shape index (κ3) is 2.24. The predicted octanol–water partition coefficient (Wildman–Crippen LogP) is 4.15. The molecule has 84 valence electrons. The number of thioether (sulfide) groups is 1. The summed E-state index contributed by atoms with van der Waals surface area (Å²) in [4.78, 5) is 10.9. The minimum absolute atomic E-state index is 0.640. The zero-order chi connectivity index (χ0) is 11.7. The highest BCUT2D eigenvalue weighted by Crippen LogP contribution is 2.34. The Hall–Kier alpha value is -0.580. The quantitative estimate of drug-likeness (QED) is 0.619. The molecule has 2 rings (SSSR count). The molecule has 0 bridgehead atoms. The van der Waals surface area contributed by atoms with Crippen molar-refractivity contribution in [2.45, 2.75) is 18.9 Å². The fraction of sp³-hybridized carbons (Fsp3) is 0.273. The van der Waals surface area contributed by atoms with Crippen LogP contribution in [0.15, 0.2) is 23.0 Å². The number of hydrogen-bond donors (Lipinski definition) is 0. The smallest absolute Gasteiger partial charge is 0.128 e. The van der Waals surface area contributed by atoms with E-state index < -0.39 is 0 Å². The molecular weight excluding hydrogens is 260 g/mol. The Morgan fingerprint density at radius 3 is 2.94 bits per heavy atom. The van der Waals surface area contributed by atoms with Gasteiger partial charge in [0.25, 0.3) is 0 Å². The molecule has 0 unspecified atom stereocenters. The second-order valence-corrected chi connectivity index (χ2v) is 6.15. The van der Waals surface area contributed by atoms with Crippen LogP contribution in [0.3, 0.4) is 0 Å². The van der Waals surface area contributed by atoms with E-state index in [1.807, 2.05) is 0 Å². The minimum Gasteiger partial charge on any atom is -0.229 e. The molecule has 0 aromatic carbocycles. The van der Waals surface area contributed by atoms with E-state index in [1.165, 1.54) is 10.4 Å². The second kappa shape index (κ2) is 4.73. The Morgan fingerprint density at radius 1 is 1.50 bits per heavy atom. The van der Waals surface area contributed by atoms with Gasteiger partial charge in [-0.3, -0.25) is 0 Å². The molecular formula is C11H11ClN2S2. The molecule has 0 spiro atoms.